The maximum atomic E-state index is 12.4. The van der Waals surface area contributed by atoms with Crippen molar-refractivity contribution in [3.8, 4) is 5.75 Å². The van der Waals surface area contributed by atoms with E-state index in [0.717, 1.165) is 0 Å². The minimum Gasteiger partial charge on any atom is -0.495 e. The van der Waals surface area contributed by atoms with E-state index < -0.39 is 10.0 Å². The minimum atomic E-state index is -3.84. The molecule has 1 heterocycles. The van der Waals surface area contributed by atoms with Gasteiger partial charge in [-0.15, -0.1) is 0 Å². The number of pyridine rings is 1. The Kier molecular flexibility index (Phi) is 4.74. The van der Waals surface area contributed by atoms with E-state index >= 15 is 0 Å². The zero-order valence-corrected chi connectivity index (χ0v) is 14.8. The summed E-state index contributed by atoms with van der Waals surface area (Å²) >= 11 is 6.61. The molecule has 0 aliphatic carbocycles. The van der Waals surface area contributed by atoms with Crippen molar-refractivity contribution in [2.45, 2.75) is 4.90 Å². The topological polar surface area (TPSA) is 94.3 Å². The summed E-state index contributed by atoms with van der Waals surface area (Å²) in [6.45, 7) is 0. The van der Waals surface area contributed by atoms with Crippen molar-refractivity contribution >= 4 is 53.4 Å². The Labute approximate surface area is 139 Å². The summed E-state index contributed by atoms with van der Waals surface area (Å²) in [6.07, 6.45) is 1.42. The molecule has 1 aromatic heterocycles. The lowest BCUT2D eigenvalue weighted by Crippen LogP contribution is -2.15. The molecule has 0 bridgehead atoms. The van der Waals surface area contributed by atoms with Crippen LogP contribution in [-0.2, 0) is 10.0 Å². The monoisotopic (exact) mass is 435 g/mol. The summed E-state index contributed by atoms with van der Waals surface area (Å²) in [4.78, 5) is 3.69. The number of nitrogen functional groups attached to an aromatic ring is 1. The molecule has 0 spiro atoms. The first-order chi connectivity index (χ1) is 9.85. The molecule has 1 aromatic carbocycles. The number of ether oxygens (including phenoxy) is 1. The fourth-order valence-corrected chi connectivity index (χ4v) is 4.13. The van der Waals surface area contributed by atoms with Gasteiger partial charge >= 0.3 is 0 Å². The van der Waals surface area contributed by atoms with E-state index in [1.807, 2.05) is 0 Å². The second-order valence-electron chi connectivity index (χ2n) is 3.96. The minimum absolute atomic E-state index is 0.0646. The second kappa shape index (κ2) is 6.20. The van der Waals surface area contributed by atoms with Gasteiger partial charge in [0.05, 0.1) is 17.3 Å². The van der Waals surface area contributed by atoms with Gasteiger partial charge in [0, 0.05) is 16.7 Å². The number of sulfonamides is 1. The standard InChI is InChI=1S/C12H11Br2N3O3S/c1-20-10-6-9(7(13)5-8(10)14)17-21(18,19)11-3-2-4-16-12(11)15/h2-6,17H,1H3,(H2,15,16). The van der Waals surface area contributed by atoms with Gasteiger partial charge in [0.2, 0.25) is 0 Å². The molecule has 0 saturated heterocycles. The van der Waals surface area contributed by atoms with Crippen LogP contribution in [0.1, 0.15) is 0 Å². The van der Waals surface area contributed by atoms with Gasteiger partial charge in [-0.05, 0) is 50.1 Å². The predicted molar refractivity (Wildman–Crippen MR) is 87.9 cm³/mol. The highest BCUT2D eigenvalue weighted by atomic mass is 79.9. The molecule has 9 heteroatoms. The van der Waals surface area contributed by atoms with Gasteiger partial charge in [0.25, 0.3) is 10.0 Å². The smallest absolute Gasteiger partial charge is 0.265 e. The Balaban J connectivity index is 2.44. The van der Waals surface area contributed by atoms with Gasteiger partial charge in [-0.2, -0.15) is 0 Å². The maximum Gasteiger partial charge on any atom is 0.265 e. The number of halogens is 2. The first kappa shape index (κ1) is 16.1. The van der Waals surface area contributed by atoms with Crippen LogP contribution in [0.4, 0.5) is 11.5 Å². The lowest BCUT2D eigenvalue weighted by molar-refractivity contribution is 0.412. The first-order valence-electron chi connectivity index (χ1n) is 5.61. The van der Waals surface area contributed by atoms with Crippen LogP contribution < -0.4 is 15.2 Å². The number of nitrogens with two attached hydrogens (primary N) is 1. The van der Waals surface area contributed by atoms with Crippen molar-refractivity contribution in [1.29, 1.82) is 0 Å². The molecule has 0 fully saturated rings. The molecule has 2 rings (SSSR count). The number of aromatic nitrogens is 1. The quantitative estimate of drug-likeness (QED) is 0.768. The highest BCUT2D eigenvalue weighted by molar-refractivity contribution is 9.11. The van der Waals surface area contributed by atoms with Gasteiger partial charge in [-0.25, -0.2) is 13.4 Å². The number of anilines is 2. The van der Waals surface area contributed by atoms with Crippen molar-refractivity contribution < 1.29 is 13.2 Å². The molecule has 2 aromatic rings. The molecule has 0 aliphatic heterocycles. The van der Waals surface area contributed by atoms with Crippen molar-refractivity contribution in [3.63, 3.8) is 0 Å². The molecule has 0 amide bonds. The molecule has 3 N–H and O–H groups in total. The van der Waals surface area contributed by atoms with Gasteiger partial charge in [0.1, 0.15) is 16.5 Å². The molecule has 0 saturated carbocycles. The molecular weight excluding hydrogens is 426 g/mol. The SMILES string of the molecule is COc1cc(NS(=O)(=O)c2cccnc2N)c(Br)cc1Br. The molecule has 6 nitrogen and oxygen atoms in total. The third-order valence-electron chi connectivity index (χ3n) is 2.58. The average Bonchev–Trinajstić information content (AvgIpc) is 2.42. The molecule has 112 valence electrons. The van der Waals surface area contributed by atoms with Crippen LogP contribution in [0.3, 0.4) is 0 Å². The summed E-state index contributed by atoms with van der Waals surface area (Å²) in [5.74, 6) is 0.431. The second-order valence-corrected chi connectivity index (χ2v) is 7.32. The van der Waals surface area contributed by atoms with Gasteiger partial charge < -0.3 is 10.5 Å². The number of methoxy groups -OCH3 is 1. The number of nitrogens with zero attached hydrogens (tertiary/aromatic N) is 1. The van der Waals surface area contributed by atoms with E-state index in [-0.39, 0.29) is 10.7 Å². The van der Waals surface area contributed by atoms with Crippen LogP contribution in [0.25, 0.3) is 0 Å². The summed E-state index contributed by atoms with van der Waals surface area (Å²) < 4.78 is 33.6. The fourth-order valence-electron chi connectivity index (χ4n) is 1.59. The first-order valence-corrected chi connectivity index (χ1v) is 8.68. The van der Waals surface area contributed by atoms with E-state index in [0.29, 0.717) is 20.4 Å². The van der Waals surface area contributed by atoms with Crippen LogP contribution in [0.15, 0.2) is 44.3 Å². The Morgan fingerprint density at radius 3 is 2.62 bits per heavy atom. The van der Waals surface area contributed by atoms with Gasteiger partial charge in [-0.3, -0.25) is 4.72 Å². The highest BCUT2D eigenvalue weighted by Gasteiger charge is 2.20. The highest BCUT2D eigenvalue weighted by Crippen LogP contribution is 2.35. The molecule has 0 radical (unpaired) electrons. The van der Waals surface area contributed by atoms with Crippen molar-refractivity contribution in [2.24, 2.45) is 0 Å². The lowest BCUT2D eigenvalue weighted by Gasteiger charge is -2.13. The zero-order chi connectivity index (χ0) is 15.6. The van der Waals surface area contributed by atoms with Crippen molar-refractivity contribution in [2.75, 3.05) is 17.6 Å². The van der Waals surface area contributed by atoms with Crippen molar-refractivity contribution in [3.05, 3.63) is 39.4 Å². The third-order valence-corrected chi connectivity index (χ3v) is 5.26. The van der Waals surface area contributed by atoms with Crippen LogP contribution in [0.5, 0.6) is 5.75 Å². The van der Waals surface area contributed by atoms with Crippen LogP contribution in [0, 0.1) is 0 Å². The van der Waals surface area contributed by atoms with Gasteiger partial charge in [-0.1, -0.05) is 0 Å². The van der Waals surface area contributed by atoms with Crippen molar-refractivity contribution in [1.82, 2.24) is 4.98 Å². The van der Waals surface area contributed by atoms with E-state index in [9.17, 15) is 8.42 Å². The zero-order valence-electron chi connectivity index (χ0n) is 10.8. The summed E-state index contributed by atoms with van der Waals surface area (Å²) in [7, 11) is -2.35. The molecular formula is C12H11Br2N3O3S. The van der Waals surface area contributed by atoms with Crippen LogP contribution in [0.2, 0.25) is 0 Å². The Morgan fingerprint density at radius 1 is 1.29 bits per heavy atom. The Morgan fingerprint density at radius 2 is 2.00 bits per heavy atom. The summed E-state index contributed by atoms with van der Waals surface area (Å²) in [5.41, 5.74) is 5.94. The number of benzene rings is 1. The number of rotatable bonds is 4. The molecule has 0 atom stereocenters. The number of hydrogen-bond donors (Lipinski definition) is 2. The van der Waals surface area contributed by atoms with Crippen LogP contribution >= 0.6 is 31.9 Å². The number of hydrogen-bond acceptors (Lipinski definition) is 5. The largest absolute Gasteiger partial charge is 0.495 e. The third kappa shape index (κ3) is 3.47. The fraction of sp³-hybridized carbons (Fsp3) is 0.0833. The Hall–Kier alpha value is -1.32. The Bertz CT molecular complexity index is 781. The normalized spacial score (nSPS) is 11.2. The van der Waals surface area contributed by atoms with Crippen LogP contribution in [-0.4, -0.2) is 20.5 Å². The molecule has 0 unspecified atom stereocenters. The predicted octanol–water partition coefficient (Wildman–Crippen LogP) is 3.00. The van der Waals surface area contributed by atoms with E-state index in [1.165, 1.54) is 25.4 Å². The summed E-state index contributed by atoms with van der Waals surface area (Å²) in [6, 6.07) is 6.12. The van der Waals surface area contributed by atoms with Gasteiger partial charge in [0.15, 0.2) is 0 Å². The van der Waals surface area contributed by atoms with E-state index in [1.54, 1.807) is 12.1 Å². The summed E-state index contributed by atoms with van der Waals surface area (Å²) in [5, 5.41) is 0. The lowest BCUT2D eigenvalue weighted by atomic mass is 10.3. The number of nitrogens with one attached hydrogen (secondary N) is 1. The average molecular weight is 437 g/mol. The molecule has 21 heavy (non-hydrogen) atoms. The maximum absolute atomic E-state index is 12.4. The molecule has 0 aliphatic rings. The van der Waals surface area contributed by atoms with E-state index in [4.69, 9.17) is 10.5 Å². The van der Waals surface area contributed by atoms with E-state index in [2.05, 4.69) is 41.6 Å².